The van der Waals surface area contributed by atoms with E-state index in [0.717, 1.165) is 25.0 Å². The van der Waals surface area contributed by atoms with E-state index in [1.165, 1.54) is 6.20 Å². The van der Waals surface area contributed by atoms with Crippen molar-refractivity contribution >= 4 is 11.9 Å². The molecular formula is C14H21N3O3. The van der Waals surface area contributed by atoms with E-state index in [9.17, 15) is 14.7 Å². The Morgan fingerprint density at radius 3 is 2.55 bits per heavy atom. The summed E-state index contributed by atoms with van der Waals surface area (Å²) in [6.07, 6.45) is 5.68. The van der Waals surface area contributed by atoms with Gasteiger partial charge in [-0.15, -0.1) is 0 Å². The van der Waals surface area contributed by atoms with Crippen LogP contribution in [-0.4, -0.2) is 33.3 Å². The highest BCUT2D eigenvalue weighted by Gasteiger charge is 2.39. The number of hydrogen-bond acceptors (Lipinski definition) is 3. The van der Waals surface area contributed by atoms with Crippen LogP contribution < -0.4 is 5.32 Å². The second kappa shape index (κ2) is 5.64. The van der Waals surface area contributed by atoms with E-state index in [-0.39, 0.29) is 12.5 Å². The summed E-state index contributed by atoms with van der Waals surface area (Å²) in [5.74, 6) is -1.05. The Kier molecular flexibility index (Phi) is 4.11. The standard InChI is InChI=1S/C14H21N3O3/c1-10-11(8-16-17(10)2)12(18)15-9-14(13(19)20)6-4-3-5-7-14/h8H,3-7,9H2,1-2H3,(H,15,18)(H,19,20). The summed E-state index contributed by atoms with van der Waals surface area (Å²) in [6.45, 7) is 2.00. The highest BCUT2D eigenvalue weighted by atomic mass is 16.4. The molecule has 1 aliphatic rings. The van der Waals surface area contributed by atoms with Crippen molar-refractivity contribution in [3.63, 3.8) is 0 Å². The molecule has 0 unspecified atom stereocenters. The van der Waals surface area contributed by atoms with Gasteiger partial charge in [0, 0.05) is 19.3 Å². The van der Waals surface area contributed by atoms with Crippen molar-refractivity contribution in [1.29, 1.82) is 0 Å². The van der Waals surface area contributed by atoms with Gasteiger partial charge in [-0.25, -0.2) is 0 Å². The number of aliphatic carboxylic acids is 1. The van der Waals surface area contributed by atoms with Crippen LogP contribution in [0.1, 0.15) is 48.2 Å². The van der Waals surface area contributed by atoms with Crippen LogP contribution in [0.25, 0.3) is 0 Å². The number of carbonyl (C=O) groups excluding carboxylic acids is 1. The molecule has 1 saturated carbocycles. The van der Waals surface area contributed by atoms with Crippen LogP contribution in [0.15, 0.2) is 6.20 Å². The minimum Gasteiger partial charge on any atom is -0.481 e. The van der Waals surface area contributed by atoms with Crippen LogP contribution in [0.2, 0.25) is 0 Å². The number of aromatic nitrogens is 2. The van der Waals surface area contributed by atoms with Crippen LogP contribution in [0.3, 0.4) is 0 Å². The zero-order valence-electron chi connectivity index (χ0n) is 12.0. The van der Waals surface area contributed by atoms with E-state index in [1.807, 2.05) is 6.92 Å². The fraction of sp³-hybridized carbons (Fsp3) is 0.643. The minimum atomic E-state index is -0.805. The van der Waals surface area contributed by atoms with Gasteiger partial charge >= 0.3 is 5.97 Å². The molecule has 1 aromatic rings. The highest BCUT2D eigenvalue weighted by Crippen LogP contribution is 2.36. The number of nitrogens with zero attached hydrogens (tertiary/aromatic N) is 2. The molecule has 0 radical (unpaired) electrons. The van der Waals surface area contributed by atoms with Gasteiger partial charge in [0.1, 0.15) is 0 Å². The second-order valence-corrected chi connectivity index (χ2v) is 5.60. The van der Waals surface area contributed by atoms with Gasteiger partial charge in [-0.3, -0.25) is 14.3 Å². The van der Waals surface area contributed by atoms with E-state index in [0.29, 0.717) is 18.4 Å². The van der Waals surface area contributed by atoms with Crippen LogP contribution in [0.5, 0.6) is 0 Å². The number of carboxylic acid groups (broad SMARTS) is 1. The molecule has 1 aromatic heterocycles. The Morgan fingerprint density at radius 1 is 1.40 bits per heavy atom. The Hall–Kier alpha value is -1.85. The first-order chi connectivity index (χ1) is 9.46. The lowest BCUT2D eigenvalue weighted by atomic mass is 9.74. The summed E-state index contributed by atoms with van der Waals surface area (Å²) in [7, 11) is 1.77. The molecule has 0 bridgehead atoms. The van der Waals surface area contributed by atoms with E-state index in [2.05, 4.69) is 10.4 Å². The molecule has 6 nitrogen and oxygen atoms in total. The third-order valence-electron chi connectivity index (χ3n) is 4.33. The monoisotopic (exact) mass is 279 g/mol. The van der Waals surface area contributed by atoms with Gasteiger partial charge in [0.15, 0.2) is 0 Å². The smallest absolute Gasteiger partial charge is 0.311 e. The summed E-state index contributed by atoms with van der Waals surface area (Å²) < 4.78 is 1.63. The Balaban J connectivity index is 2.04. The molecule has 0 aromatic carbocycles. The zero-order chi connectivity index (χ0) is 14.8. The lowest BCUT2D eigenvalue weighted by molar-refractivity contribution is -0.150. The predicted octanol–water partition coefficient (Wildman–Crippen LogP) is 1.49. The molecule has 0 aliphatic heterocycles. The Bertz CT molecular complexity index is 516. The van der Waals surface area contributed by atoms with E-state index >= 15 is 0 Å². The van der Waals surface area contributed by atoms with Crippen LogP contribution >= 0.6 is 0 Å². The summed E-state index contributed by atoms with van der Waals surface area (Å²) >= 11 is 0. The van der Waals surface area contributed by atoms with Crippen LogP contribution in [0, 0.1) is 12.3 Å². The molecule has 0 saturated heterocycles. The van der Waals surface area contributed by atoms with E-state index in [4.69, 9.17) is 0 Å². The van der Waals surface area contributed by atoms with Crippen LogP contribution in [0.4, 0.5) is 0 Å². The Labute approximate surface area is 118 Å². The number of hydrogen-bond donors (Lipinski definition) is 2. The van der Waals surface area contributed by atoms with Gasteiger partial charge in [0.25, 0.3) is 5.91 Å². The van der Waals surface area contributed by atoms with Gasteiger partial charge < -0.3 is 10.4 Å². The zero-order valence-corrected chi connectivity index (χ0v) is 12.0. The first-order valence-electron chi connectivity index (χ1n) is 6.96. The summed E-state index contributed by atoms with van der Waals surface area (Å²) in [4.78, 5) is 23.7. The first-order valence-corrected chi connectivity index (χ1v) is 6.96. The lowest BCUT2D eigenvalue weighted by Gasteiger charge is -2.33. The second-order valence-electron chi connectivity index (χ2n) is 5.60. The topological polar surface area (TPSA) is 84.2 Å². The quantitative estimate of drug-likeness (QED) is 0.874. The highest BCUT2D eigenvalue weighted by molar-refractivity contribution is 5.95. The van der Waals surface area contributed by atoms with Crippen molar-refractivity contribution in [1.82, 2.24) is 15.1 Å². The number of aryl methyl sites for hydroxylation is 1. The lowest BCUT2D eigenvalue weighted by Crippen LogP contribution is -2.44. The fourth-order valence-corrected chi connectivity index (χ4v) is 2.76. The average molecular weight is 279 g/mol. The maximum atomic E-state index is 12.1. The molecule has 1 fully saturated rings. The van der Waals surface area contributed by atoms with Crippen molar-refractivity contribution in [2.45, 2.75) is 39.0 Å². The molecule has 110 valence electrons. The predicted molar refractivity (Wildman–Crippen MR) is 73.4 cm³/mol. The van der Waals surface area contributed by atoms with Crippen molar-refractivity contribution < 1.29 is 14.7 Å². The van der Waals surface area contributed by atoms with E-state index in [1.54, 1.807) is 11.7 Å². The summed E-state index contributed by atoms with van der Waals surface area (Å²) in [6, 6.07) is 0. The number of rotatable bonds is 4. The van der Waals surface area contributed by atoms with Gasteiger partial charge in [-0.05, 0) is 19.8 Å². The molecular weight excluding hydrogens is 258 g/mol. The van der Waals surface area contributed by atoms with Gasteiger partial charge in [0.05, 0.1) is 17.2 Å². The molecule has 20 heavy (non-hydrogen) atoms. The fourth-order valence-electron chi connectivity index (χ4n) is 2.76. The van der Waals surface area contributed by atoms with Gasteiger partial charge in [-0.2, -0.15) is 5.10 Å². The van der Waals surface area contributed by atoms with Gasteiger partial charge in [-0.1, -0.05) is 19.3 Å². The number of carboxylic acids is 1. The SMILES string of the molecule is Cc1c(C(=O)NCC2(C(=O)O)CCCCC2)cnn1C. The first kappa shape index (κ1) is 14.6. The molecule has 2 rings (SSSR count). The maximum Gasteiger partial charge on any atom is 0.311 e. The molecule has 6 heteroatoms. The third-order valence-corrected chi connectivity index (χ3v) is 4.33. The van der Waals surface area contributed by atoms with Crippen molar-refractivity contribution in [2.24, 2.45) is 12.5 Å². The number of nitrogens with one attached hydrogen (secondary N) is 1. The largest absolute Gasteiger partial charge is 0.481 e. The minimum absolute atomic E-state index is 0.190. The molecule has 0 atom stereocenters. The van der Waals surface area contributed by atoms with Crippen molar-refractivity contribution in [3.05, 3.63) is 17.5 Å². The molecule has 1 amide bonds. The third kappa shape index (κ3) is 2.69. The van der Waals surface area contributed by atoms with Crippen LogP contribution in [-0.2, 0) is 11.8 Å². The van der Waals surface area contributed by atoms with Gasteiger partial charge in [0.2, 0.25) is 0 Å². The normalized spacial score (nSPS) is 17.7. The molecule has 0 spiro atoms. The van der Waals surface area contributed by atoms with E-state index < -0.39 is 11.4 Å². The Morgan fingerprint density at radius 2 is 2.05 bits per heavy atom. The summed E-state index contributed by atoms with van der Waals surface area (Å²) in [5.41, 5.74) is 0.476. The number of amides is 1. The van der Waals surface area contributed by atoms with Crippen molar-refractivity contribution in [2.75, 3.05) is 6.54 Å². The molecule has 1 heterocycles. The molecule has 2 N–H and O–H groups in total. The summed E-state index contributed by atoms with van der Waals surface area (Å²) in [5, 5.41) is 16.3. The molecule has 1 aliphatic carbocycles. The average Bonchev–Trinajstić information content (AvgIpc) is 2.77. The number of carbonyl (C=O) groups is 2. The van der Waals surface area contributed by atoms with Crippen molar-refractivity contribution in [3.8, 4) is 0 Å². The maximum absolute atomic E-state index is 12.1.